The van der Waals surface area contributed by atoms with Gasteiger partial charge in [-0.05, 0) is 39.8 Å². The summed E-state index contributed by atoms with van der Waals surface area (Å²) in [5, 5.41) is 0. The first kappa shape index (κ1) is 8.79. The Morgan fingerprint density at radius 1 is 1.27 bits per heavy atom. The summed E-state index contributed by atoms with van der Waals surface area (Å²) in [5.74, 6) is 0. The molecule has 1 heterocycles. The van der Waals surface area contributed by atoms with Crippen LogP contribution in [0.5, 0.6) is 0 Å². The lowest BCUT2D eigenvalue weighted by molar-refractivity contribution is 0.353. The molecule has 0 unspecified atom stereocenters. The minimum atomic E-state index is 1.17. The minimum Gasteiger partial charge on any atom is -0.302 e. The third-order valence-corrected chi connectivity index (χ3v) is 2.26. The van der Waals surface area contributed by atoms with Crippen molar-refractivity contribution in [1.29, 1.82) is 0 Å². The van der Waals surface area contributed by atoms with Crippen LogP contribution < -0.4 is 0 Å². The van der Waals surface area contributed by atoms with E-state index in [4.69, 9.17) is 0 Å². The molecule has 1 nitrogen and oxygen atoms in total. The first-order valence-corrected chi connectivity index (χ1v) is 4.63. The van der Waals surface area contributed by atoms with Crippen molar-refractivity contribution in [2.24, 2.45) is 0 Å². The lowest BCUT2D eigenvalue weighted by atomic mass is 10.2. The van der Waals surface area contributed by atoms with Crippen LogP contribution in [0.3, 0.4) is 0 Å². The average Bonchev–Trinajstić information content (AvgIpc) is 2.02. The van der Waals surface area contributed by atoms with E-state index in [2.05, 4.69) is 24.9 Å². The monoisotopic (exact) mass is 153 g/mol. The number of hydrogen-bond acceptors (Lipinski definition) is 1. The number of nitrogens with zero attached hydrogens (tertiary/aromatic N) is 1. The van der Waals surface area contributed by atoms with Gasteiger partial charge in [-0.1, -0.05) is 18.1 Å². The Balaban J connectivity index is 2.41. The number of likely N-dealkylation sites (N-methyl/N-ethyl adjacent to an activating group) is 1. The minimum absolute atomic E-state index is 1.17. The molecule has 0 saturated carbocycles. The smallest absolute Gasteiger partial charge is 0.0187 e. The van der Waals surface area contributed by atoms with Gasteiger partial charge in [0, 0.05) is 6.54 Å². The van der Waals surface area contributed by atoms with Gasteiger partial charge in [0.15, 0.2) is 0 Å². The number of allylic oxidation sites excluding steroid dienone is 1. The SMILES string of the molecule is C/C1=C\CCCCCN(C)C1. The zero-order chi connectivity index (χ0) is 8.10. The molecule has 1 rings (SSSR count). The second kappa shape index (κ2) is 4.55. The topological polar surface area (TPSA) is 3.24 Å². The Hall–Kier alpha value is -0.300. The molecule has 0 aliphatic carbocycles. The van der Waals surface area contributed by atoms with E-state index in [9.17, 15) is 0 Å². The summed E-state index contributed by atoms with van der Waals surface area (Å²) in [7, 11) is 2.21. The molecule has 0 amide bonds. The molecule has 64 valence electrons. The summed E-state index contributed by atoms with van der Waals surface area (Å²) >= 11 is 0. The van der Waals surface area contributed by atoms with Gasteiger partial charge >= 0.3 is 0 Å². The highest BCUT2D eigenvalue weighted by Crippen LogP contribution is 2.08. The zero-order valence-electron chi connectivity index (χ0n) is 7.77. The molecular weight excluding hydrogens is 134 g/mol. The molecule has 0 aromatic carbocycles. The highest BCUT2D eigenvalue weighted by molar-refractivity contribution is 5.00. The molecule has 1 aliphatic heterocycles. The number of hydrogen-bond donors (Lipinski definition) is 0. The lowest BCUT2D eigenvalue weighted by Crippen LogP contribution is -2.21. The summed E-state index contributed by atoms with van der Waals surface area (Å²) < 4.78 is 0. The first-order chi connectivity index (χ1) is 5.29. The second-order valence-corrected chi connectivity index (χ2v) is 3.64. The van der Waals surface area contributed by atoms with Crippen LogP contribution in [0.4, 0.5) is 0 Å². The quantitative estimate of drug-likeness (QED) is 0.483. The van der Waals surface area contributed by atoms with Crippen LogP contribution >= 0.6 is 0 Å². The van der Waals surface area contributed by atoms with Crippen molar-refractivity contribution in [3.63, 3.8) is 0 Å². The Morgan fingerprint density at radius 3 is 2.91 bits per heavy atom. The van der Waals surface area contributed by atoms with Gasteiger partial charge in [0.25, 0.3) is 0 Å². The molecular formula is C10H19N. The fourth-order valence-electron chi connectivity index (χ4n) is 1.62. The van der Waals surface area contributed by atoms with E-state index in [1.165, 1.54) is 44.3 Å². The lowest BCUT2D eigenvalue weighted by Gasteiger charge is -2.15. The molecule has 0 fully saturated rings. The van der Waals surface area contributed by atoms with E-state index in [1.807, 2.05) is 0 Å². The van der Waals surface area contributed by atoms with Crippen molar-refractivity contribution in [2.75, 3.05) is 20.1 Å². The second-order valence-electron chi connectivity index (χ2n) is 3.64. The van der Waals surface area contributed by atoms with Crippen molar-refractivity contribution in [3.8, 4) is 0 Å². The van der Waals surface area contributed by atoms with Crippen molar-refractivity contribution in [1.82, 2.24) is 4.90 Å². The molecule has 0 N–H and O–H groups in total. The summed E-state index contributed by atoms with van der Waals surface area (Å²) in [5.41, 5.74) is 1.54. The van der Waals surface area contributed by atoms with Gasteiger partial charge < -0.3 is 4.90 Å². The van der Waals surface area contributed by atoms with E-state index in [0.29, 0.717) is 0 Å². The Bertz CT molecular complexity index is 138. The molecule has 11 heavy (non-hydrogen) atoms. The van der Waals surface area contributed by atoms with Crippen molar-refractivity contribution in [2.45, 2.75) is 32.6 Å². The number of rotatable bonds is 0. The summed E-state index contributed by atoms with van der Waals surface area (Å²) in [4.78, 5) is 2.41. The van der Waals surface area contributed by atoms with E-state index < -0.39 is 0 Å². The summed E-state index contributed by atoms with van der Waals surface area (Å²) in [6.07, 6.45) is 7.83. The molecule has 0 radical (unpaired) electrons. The molecule has 0 saturated heterocycles. The van der Waals surface area contributed by atoms with Crippen LogP contribution in [0.15, 0.2) is 11.6 Å². The highest BCUT2D eigenvalue weighted by atomic mass is 15.1. The predicted octanol–water partition coefficient (Wildman–Crippen LogP) is 2.44. The van der Waals surface area contributed by atoms with Crippen LogP contribution in [-0.2, 0) is 0 Å². The van der Waals surface area contributed by atoms with Gasteiger partial charge in [-0.2, -0.15) is 0 Å². The Morgan fingerprint density at radius 2 is 2.09 bits per heavy atom. The molecule has 0 atom stereocenters. The summed E-state index contributed by atoms with van der Waals surface area (Å²) in [6, 6.07) is 0. The van der Waals surface area contributed by atoms with Crippen molar-refractivity contribution in [3.05, 3.63) is 11.6 Å². The molecule has 0 aromatic rings. The predicted molar refractivity (Wildman–Crippen MR) is 49.7 cm³/mol. The molecule has 1 aliphatic rings. The fourth-order valence-corrected chi connectivity index (χ4v) is 1.62. The van der Waals surface area contributed by atoms with Crippen molar-refractivity contribution >= 4 is 0 Å². The van der Waals surface area contributed by atoms with Gasteiger partial charge in [-0.25, -0.2) is 0 Å². The van der Waals surface area contributed by atoms with E-state index >= 15 is 0 Å². The van der Waals surface area contributed by atoms with Gasteiger partial charge in [-0.15, -0.1) is 0 Å². The molecule has 1 heteroatoms. The third-order valence-electron chi connectivity index (χ3n) is 2.26. The average molecular weight is 153 g/mol. The Kier molecular flexibility index (Phi) is 3.64. The molecule has 0 bridgehead atoms. The Labute approximate surface area is 70.1 Å². The van der Waals surface area contributed by atoms with Gasteiger partial charge in [0.2, 0.25) is 0 Å². The van der Waals surface area contributed by atoms with Gasteiger partial charge in [-0.3, -0.25) is 0 Å². The zero-order valence-corrected chi connectivity index (χ0v) is 7.77. The van der Waals surface area contributed by atoms with Crippen LogP contribution in [0.25, 0.3) is 0 Å². The largest absolute Gasteiger partial charge is 0.302 e. The van der Waals surface area contributed by atoms with Crippen LogP contribution in [-0.4, -0.2) is 25.0 Å². The normalized spacial score (nSPS) is 28.0. The maximum Gasteiger partial charge on any atom is 0.0187 e. The summed E-state index contributed by atoms with van der Waals surface area (Å²) in [6.45, 7) is 4.67. The van der Waals surface area contributed by atoms with Crippen LogP contribution in [0.2, 0.25) is 0 Å². The molecule has 0 aromatic heterocycles. The fraction of sp³-hybridized carbons (Fsp3) is 0.800. The molecule has 0 spiro atoms. The van der Waals surface area contributed by atoms with Crippen LogP contribution in [0, 0.1) is 0 Å². The van der Waals surface area contributed by atoms with Gasteiger partial charge in [0.05, 0.1) is 0 Å². The maximum absolute atomic E-state index is 2.41. The maximum atomic E-state index is 2.41. The first-order valence-electron chi connectivity index (χ1n) is 4.63. The van der Waals surface area contributed by atoms with E-state index in [1.54, 1.807) is 0 Å². The third kappa shape index (κ3) is 3.57. The van der Waals surface area contributed by atoms with Crippen LogP contribution in [0.1, 0.15) is 32.6 Å². The van der Waals surface area contributed by atoms with Gasteiger partial charge in [0.1, 0.15) is 0 Å². The van der Waals surface area contributed by atoms with Crippen molar-refractivity contribution < 1.29 is 0 Å². The van der Waals surface area contributed by atoms with E-state index in [-0.39, 0.29) is 0 Å². The standard InChI is InChI=1S/C10H19N/c1-10-7-5-3-4-6-8-11(2)9-10/h7H,3-6,8-9H2,1-2H3/b10-7+. The van der Waals surface area contributed by atoms with E-state index in [0.717, 1.165) is 0 Å². The highest BCUT2D eigenvalue weighted by Gasteiger charge is 2.01.